The van der Waals surface area contributed by atoms with Crippen LogP contribution in [0.4, 0.5) is 5.69 Å². The number of aliphatic carboxylic acids is 1. The predicted molar refractivity (Wildman–Crippen MR) is 109 cm³/mol. The van der Waals surface area contributed by atoms with E-state index in [4.69, 9.17) is 4.74 Å². The van der Waals surface area contributed by atoms with Crippen molar-refractivity contribution in [3.8, 4) is 11.1 Å². The third-order valence-corrected chi connectivity index (χ3v) is 4.90. The van der Waals surface area contributed by atoms with Gasteiger partial charge in [-0.15, -0.1) is 0 Å². The second kappa shape index (κ2) is 7.35. The van der Waals surface area contributed by atoms with Crippen LogP contribution in [-0.4, -0.2) is 23.2 Å². The summed E-state index contributed by atoms with van der Waals surface area (Å²) in [6, 6.07) is 10.4. The molecule has 1 aliphatic rings. The number of carbonyl (C=O) groups is 1. The highest BCUT2D eigenvalue weighted by molar-refractivity contribution is 5.85. The van der Waals surface area contributed by atoms with Crippen molar-refractivity contribution in [3.63, 3.8) is 0 Å². The molecule has 0 aliphatic carbocycles. The van der Waals surface area contributed by atoms with E-state index in [0.29, 0.717) is 0 Å². The quantitative estimate of drug-likeness (QED) is 0.773. The SMILES string of the molecule is Cc1ccc(-c2c3c(cc(C)c2C(OC(C)(C)C)C(=O)O)NCCC3)cc1. The summed E-state index contributed by atoms with van der Waals surface area (Å²) in [5.41, 5.74) is 6.68. The number of hydrogen-bond acceptors (Lipinski definition) is 3. The maximum absolute atomic E-state index is 12.2. The van der Waals surface area contributed by atoms with Crippen molar-refractivity contribution in [2.75, 3.05) is 11.9 Å². The Morgan fingerprint density at radius 3 is 2.44 bits per heavy atom. The van der Waals surface area contributed by atoms with E-state index in [-0.39, 0.29) is 0 Å². The summed E-state index contributed by atoms with van der Waals surface area (Å²) >= 11 is 0. The number of anilines is 1. The van der Waals surface area contributed by atoms with Gasteiger partial charge < -0.3 is 15.2 Å². The van der Waals surface area contributed by atoms with Gasteiger partial charge in [-0.25, -0.2) is 4.79 Å². The summed E-state index contributed by atoms with van der Waals surface area (Å²) in [6.45, 7) is 10.7. The molecule has 0 spiro atoms. The highest BCUT2D eigenvalue weighted by Crippen LogP contribution is 2.42. The molecule has 2 aromatic carbocycles. The van der Waals surface area contributed by atoms with Gasteiger partial charge in [0.1, 0.15) is 0 Å². The van der Waals surface area contributed by atoms with Gasteiger partial charge in [-0.3, -0.25) is 0 Å². The van der Waals surface area contributed by atoms with E-state index in [2.05, 4.69) is 42.6 Å². The summed E-state index contributed by atoms with van der Waals surface area (Å²) in [5.74, 6) is -0.954. The maximum Gasteiger partial charge on any atom is 0.337 e. The number of rotatable bonds is 4. The van der Waals surface area contributed by atoms with Crippen LogP contribution in [0.25, 0.3) is 11.1 Å². The summed E-state index contributed by atoms with van der Waals surface area (Å²) < 4.78 is 6.02. The fourth-order valence-electron chi connectivity index (χ4n) is 3.76. The van der Waals surface area contributed by atoms with Crippen LogP contribution in [0.5, 0.6) is 0 Å². The largest absolute Gasteiger partial charge is 0.479 e. The fraction of sp³-hybridized carbons (Fsp3) is 0.435. The number of fused-ring (bicyclic) bond motifs is 1. The van der Waals surface area contributed by atoms with Gasteiger partial charge in [0.25, 0.3) is 0 Å². The molecule has 0 radical (unpaired) electrons. The lowest BCUT2D eigenvalue weighted by molar-refractivity contribution is -0.160. The van der Waals surface area contributed by atoms with E-state index in [0.717, 1.165) is 47.3 Å². The Morgan fingerprint density at radius 2 is 1.85 bits per heavy atom. The molecular weight excluding hydrogens is 338 g/mol. The first-order chi connectivity index (χ1) is 12.7. The molecule has 0 saturated carbocycles. The normalized spacial score (nSPS) is 15.0. The standard InChI is InChI=1S/C23H29NO3/c1-14-8-10-16(11-9-14)20-17-7-6-12-24-18(17)13-15(2)19(20)21(22(25)26)27-23(3,4)5/h8-11,13,21,24H,6-7,12H2,1-5H3,(H,25,26). The van der Waals surface area contributed by atoms with E-state index in [9.17, 15) is 9.90 Å². The number of carboxylic acid groups (broad SMARTS) is 1. The van der Waals surface area contributed by atoms with E-state index in [1.807, 2.05) is 27.7 Å². The molecule has 4 heteroatoms. The number of aryl methyl sites for hydroxylation is 2. The highest BCUT2D eigenvalue weighted by Gasteiger charge is 2.32. The molecular formula is C23H29NO3. The lowest BCUT2D eigenvalue weighted by atomic mass is 9.84. The minimum absolute atomic E-state index is 0.561. The molecule has 2 N–H and O–H groups in total. The highest BCUT2D eigenvalue weighted by atomic mass is 16.5. The second-order valence-electron chi connectivity index (χ2n) is 8.35. The lowest BCUT2D eigenvalue weighted by Crippen LogP contribution is -2.29. The van der Waals surface area contributed by atoms with Crippen LogP contribution in [0.3, 0.4) is 0 Å². The molecule has 27 heavy (non-hydrogen) atoms. The van der Waals surface area contributed by atoms with Crippen LogP contribution >= 0.6 is 0 Å². The average molecular weight is 367 g/mol. The molecule has 1 atom stereocenters. The van der Waals surface area contributed by atoms with Crippen LogP contribution < -0.4 is 5.32 Å². The van der Waals surface area contributed by atoms with Gasteiger partial charge in [0.15, 0.2) is 6.10 Å². The molecule has 0 aromatic heterocycles. The number of nitrogens with one attached hydrogen (secondary N) is 1. The third kappa shape index (κ3) is 4.16. The molecule has 0 saturated heterocycles. The van der Waals surface area contributed by atoms with E-state index < -0.39 is 17.7 Å². The van der Waals surface area contributed by atoms with Gasteiger partial charge in [0.05, 0.1) is 5.60 Å². The van der Waals surface area contributed by atoms with Crippen molar-refractivity contribution >= 4 is 11.7 Å². The van der Waals surface area contributed by atoms with Gasteiger partial charge in [-0.2, -0.15) is 0 Å². The minimum atomic E-state index is -1.01. The van der Waals surface area contributed by atoms with Crippen LogP contribution in [0, 0.1) is 13.8 Å². The van der Waals surface area contributed by atoms with E-state index >= 15 is 0 Å². The molecule has 4 nitrogen and oxygen atoms in total. The van der Waals surface area contributed by atoms with Crippen molar-refractivity contribution in [3.05, 3.63) is 52.6 Å². The Kier molecular flexibility index (Phi) is 5.29. The molecule has 3 rings (SSSR count). The summed E-state index contributed by atoms with van der Waals surface area (Å²) in [6.07, 6.45) is 0.959. The topological polar surface area (TPSA) is 58.6 Å². The summed E-state index contributed by atoms with van der Waals surface area (Å²) in [7, 11) is 0. The minimum Gasteiger partial charge on any atom is -0.479 e. The van der Waals surface area contributed by atoms with Crippen LogP contribution in [0.15, 0.2) is 30.3 Å². The first-order valence-corrected chi connectivity index (χ1v) is 9.55. The molecule has 0 amide bonds. The molecule has 2 aromatic rings. The van der Waals surface area contributed by atoms with Gasteiger partial charge in [0, 0.05) is 17.8 Å². The second-order valence-corrected chi connectivity index (χ2v) is 8.35. The summed E-state index contributed by atoms with van der Waals surface area (Å²) in [5, 5.41) is 13.5. The van der Waals surface area contributed by atoms with E-state index in [1.165, 1.54) is 11.1 Å². The fourth-order valence-corrected chi connectivity index (χ4v) is 3.76. The van der Waals surface area contributed by atoms with Crippen LogP contribution in [-0.2, 0) is 16.0 Å². The third-order valence-electron chi connectivity index (χ3n) is 4.90. The first-order valence-electron chi connectivity index (χ1n) is 9.55. The Bertz CT molecular complexity index is 847. The maximum atomic E-state index is 12.2. The van der Waals surface area contributed by atoms with Gasteiger partial charge >= 0.3 is 5.97 Å². The van der Waals surface area contributed by atoms with Crippen molar-refractivity contribution in [2.24, 2.45) is 0 Å². The molecule has 1 aliphatic heterocycles. The van der Waals surface area contributed by atoms with Gasteiger partial charge in [-0.1, -0.05) is 29.8 Å². The average Bonchev–Trinajstić information content (AvgIpc) is 2.59. The van der Waals surface area contributed by atoms with Crippen LogP contribution in [0.1, 0.15) is 55.5 Å². The monoisotopic (exact) mass is 367 g/mol. The van der Waals surface area contributed by atoms with Crippen LogP contribution in [0.2, 0.25) is 0 Å². The zero-order valence-corrected chi connectivity index (χ0v) is 16.8. The smallest absolute Gasteiger partial charge is 0.337 e. The lowest BCUT2D eigenvalue weighted by Gasteiger charge is -2.31. The predicted octanol–water partition coefficient (Wildman–Crippen LogP) is 5.27. The Balaban J connectivity index is 2.28. The zero-order valence-electron chi connectivity index (χ0n) is 16.8. The summed E-state index contributed by atoms with van der Waals surface area (Å²) in [4.78, 5) is 12.2. The molecule has 1 unspecified atom stereocenters. The molecule has 144 valence electrons. The molecule has 0 bridgehead atoms. The van der Waals surface area contributed by atoms with Crippen molar-refractivity contribution in [2.45, 2.75) is 59.2 Å². The number of ether oxygens (including phenoxy) is 1. The number of hydrogen-bond donors (Lipinski definition) is 2. The van der Waals surface area contributed by atoms with Crippen molar-refractivity contribution in [1.29, 1.82) is 0 Å². The zero-order chi connectivity index (χ0) is 19.8. The Labute approximate surface area is 161 Å². The Morgan fingerprint density at radius 1 is 1.19 bits per heavy atom. The van der Waals surface area contributed by atoms with Crippen molar-refractivity contribution < 1.29 is 14.6 Å². The van der Waals surface area contributed by atoms with Gasteiger partial charge in [-0.05, 0) is 75.8 Å². The number of benzene rings is 2. The molecule has 0 fully saturated rings. The van der Waals surface area contributed by atoms with Gasteiger partial charge in [0.2, 0.25) is 0 Å². The Hall–Kier alpha value is -2.33. The van der Waals surface area contributed by atoms with Crippen molar-refractivity contribution in [1.82, 2.24) is 0 Å². The van der Waals surface area contributed by atoms with E-state index in [1.54, 1.807) is 0 Å². The first kappa shape index (κ1) is 19.4. The number of carboxylic acids is 1. The molecule has 1 heterocycles.